The molecule has 0 bridgehead atoms. The molecule has 0 radical (unpaired) electrons. The molecule has 1 amide bonds. The third kappa shape index (κ3) is 4.43. The van der Waals surface area contributed by atoms with Gasteiger partial charge in [-0.2, -0.15) is 0 Å². The Bertz CT molecular complexity index is 901. The summed E-state index contributed by atoms with van der Waals surface area (Å²) >= 11 is 1.57. The lowest BCUT2D eigenvalue weighted by Crippen LogP contribution is -2.28. The van der Waals surface area contributed by atoms with Crippen molar-refractivity contribution in [2.75, 3.05) is 13.7 Å². The number of methoxy groups -OCH3 is 1. The molecule has 6 nitrogen and oxygen atoms in total. The molecule has 1 aromatic carbocycles. The van der Waals surface area contributed by atoms with Gasteiger partial charge in [0.1, 0.15) is 11.5 Å². The number of carbonyl (C=O) groups is 1. The molecular weight excluding hydrogens is 352 g/mol. The van der Waals surface area contributed by atoms with Crippen molar-refractivity contribution in [2.24, 2.45) is 0 Å². The molecule has 3 rings (SSSR count). The number of hydrogen-bond acceptors (Lipinski definition) is 6. The third-order valence-corrected chi connectivity index (χ3v) is 4.44. The van der Waals surface area contributed by atoms with Gasteiger partial charge in [0, 0.05) is 5.38 Å². The monoisotopic (exact) mass is 372 g/mol. The molecule has 7 heteroatoms. The summed E-state index contributed by atoms with van der Waals surface area (Å²) in [6.45, 7) is 4.10. The molecule has 1 N–H and O–H groups in total. The summed E-state index contributed by atoms with van der Waals surface area (Å²) in [7, 11) is 1.57. The van der Waals surface area contributed by atoms with Crippen molar-refractivity contribution in [2.45, 2.75) is 20.4 Å². The van der Waals surface area contributed by atoms with Crippen LogP contribution in [-0.2, 0) is 11.3 Å². The molecule has 0 saturated heterocycles. The number of hydrogen-bond donors (Lipinski definition) is 1. The average Bonchev–Trinajstić information content (AvgIpc) is 3.27. The Kier molecular flexibility index (Phi) is 5.58. The molecule has 0 atom stereocenters. The number of aromatic nitrogens is 1. The summed E-state index contributed by atoms with van der Waals surface area (Å²) in [4.78, 5) is 16.4. The summed E-state index contributed by atoms with van der Waals surface area (Å²) in [6, 6.07) is 9.23. The Morgan fingerprint density at radius 1 is 1.23 bits per heavy atom. The first-order chi connectivity index (χ1) is 12.5. The molecule has 0 unspecified atom stereocenters. The molecule has 136 valence electrons. The van der Waals surface area contributed by atoms with Crippen LogP contribution in [0, 0.1) is 13.8 Å². The highest BCUT2D eigenvalue weighted by Gasteiger charge is 2.10. The summed E-state index contributed by atoms with van der Waals surface area (Å²) in [6.07, 6.45) is 0. The van der Waals surface area contributed by atoms with Gasteiger partial charge in [-0.1, -0.05) is 6.07 Å². The van der Waals surface area contributed by atoms with Crippen molar-refractivity contribution in [3.8, 4) is 23.0 Å². The Balaban J connectivity index is 1.51. The lowest BCUT2D eigenvalue weighted by atomic mass is 10.2. The Morgan fingerprint density at radius 3 is 2.81 bits per heavy atom. The fourth-order valence-electron chi connectivity index (χ4n) is 2.36. The number of ether oxygens (including phenoxy) is 2. The molecule has 0 spiro atoms. The average molecular weight is 372 g/mol. The van der Waals surface area contributed by atoms with E-state index in [1.165, 1.54) is 0 Å². The molecule has 0 fully saturated rings. The zero-order chi connectivity index (χ0) is 18.5. The van der Waals surface area contributed by atoms with Gasteiger partial charge in [-0.15, -0.1) is 11.3 Å². The number of nitrogens with one attached hydrogen (secondary N) is 1. The number of amides is 1. The summed E-state index contributed by atoms with van der Waals surface area (Å²) in [5, 5.41) is 5.70. The molecule has 2 aromatic heterocycles. The van der Waals surface area contributed by atoms with Crippen LogP contribution < -0.4 is 14.8 Å². The van der Waals surface area contributed by atoms with Crippen LogP contribution in [0.4, 0.5) is 0 Å². The van der Waals surface area contributed by atoms with Crippen LogP contribution in [0.2, 0.25) is 0 Å². The number of aryl methyl sites for hydroxylation is 2. The van der Waals surface area contributed by atoms with E-state index in [1.807, 2.05) is 43.5 Å². The smallest absolute Gasteiger partial charge is 0.258 e. The third-order valence-electron chi connectivity index (χ3n) is 3.67. The van der Waals surface area contributed by atoms with Crippen LogP contribution in [0.15, 0.2) is 40.1 Å². The lowest BCUT2D eigenvalue weighted by Gasteiger charge is -2.11. The zero-order valence-corrected chi connectivity index (χ0v) is 15.7. The van der Waals surface area contributed by atoms with E-state index in [9.17, 15) is 4.79 Å². The van der Waals surface area contributed by atoms with Gasteiger partial charge in [0.25, 0.3) is 5.91 Å². The maximum Gasteiger partial charge on any atom is 0.258 e. The second-order valence-electron chi connectivity index (χ2n) is 5.74. The maximum absolute atomic E-state index is 12.0. The predicted molar refractivity (Wildman–Crippen MR) is 99.6 cm³/mol. The highest BCUT2D eigenvalue weighted by molar-refractivity contribution is 7.09. The minimum atomic E-state index is -0.241. The second-order valence-corrected chi connectivity index (χ2v) is 6.80. The SMILES string of the molecule is COc1cc(C)ccc1OCC(=O)NCc1ccc(-c2csc(C)n2)o1. The topological polar surface area (TPSA) is 73.6 Å². The van der Waals surface area contributed by atoms with Crippen LogP contribution in [0.1, 0.15) is 16.3 Å². The molecule has 0 saturated carbocycles. The number of carbonyl (C=O) groups excluding carboxylic acids is 1. The van der Waals surface area contributed by atoms with Gasteiger partial charge in [0.05, 0.1) is 18.7 Å². The van der Waals surface area contributed by atoms with Gasteiger partial charge in [0.2, 0.25) is 0 Å². The Labute approximate surface area is 155 Å². The number of benzene rings is 1. The van der Waals surface area contributed by atoms with Crippen molar-refractivity contribution in [3.05, 3.63) is 52.0 Å². The van der Waals surface area contributed by atoms with Crippen molar-refractivity contribution >= 4 is 17.2 Å². The molecule has 0 aliphatic heterocycles. The van der Waals surface area contributed by atoms with Gasteiger partial charge >= 0.3 is 0 Å². The van der Waals surface area contributed by atoms with Crippen LogP contribution >= 0.6 is 11.3 Å². The van der Waals surface area contributed by atoms with E-state index < -0.39 is 0 Å². The van der Waals surface area contributed by atoms with Crippen LogP contribution in [0.5, 0.6) is 11.5 Å². The van der Waals surface area contributed by atoms with E-state index in [1.54, 1.807) is 24.5 Å². The lowest BCUT2D eigenvalue weighted by molar-refractivity contribution is -0.123. The number of furan rings is 1. The number of rotatable bonds is 7. The molecular formula is C19H20N2O4S. The fourth-order valence-corrected chi connectivity index (χ4v) is 2.96. The summed E-state index contributed by atoms with van der Waals surface area (Å²) < 4.78 is 16.5. The highest BCUT2D eigenvalue weighted by atomic mass is 32.1. The normalized spacial score (nSPS) is 10.6. The summed E-state index contributed by atoms with van der Waals surface area (Å²) in [5.41, 5.74) is 1.86. The Hall–Kier alpha value is -2.80. The molecule has 2 heterocycles. The van der Waals surface area contributed by atoms with Crippen molar-refractivity contribution in [1.29, 1.82) is 0 Å². The molecule has 0 aliphatic rings. The van der Waals surface area contributed by atoms with Gasteiger partial charge in [-0.05, 0) is 43.7 Å². The predicted octanol–water partition coefficient (Wildman–Crippen LogP) is 3.72. The largest absolute Gasteiger partial charge is 0.493 e. The van der Waals surface area contributed by atoms with E-state index in [2.05, 4.69) is 10.3 Å². The zero-order valence-electron chi connectivity index (χ0n) is 14.9. The van der Waals surface area contributed by atoms with E-state index in [-0.39, 0.29) is 19.1 Å². The minimum Gasteiger partial charge on any atom is -0.493 e. The Morgan fingerprint density at radius 2 is 2.08 bits per heavy atom. The highest BCUT2D eigenvalue weighted by Crippen LogP contribution is 2.27. The van der Waals surface area contributed by atoms with E-state index in [0.29, 0.717) is 23.0 Å². The summed E-state index contributed by atoms with van der Waals surface area (Å²) in [5.74, 6) is 2.25. The maximum atomic E-state index is 12.0. The molecule has 3 aromatic rings. The van der Waals surface area contributed by atoms with Crippen molar-refractivity contribution in [1.82, 2.24) is 10.3 Å². The first kappa shape index (κ1) is 18.0. The molecule has 26 heavy (non-hydrogen) atoms. The first-order valence-corrected chi connectivity index (χ1v) is 8.98. The quantitative estimate of drug-likeness (QED) is 0.684. The van der Waals surface area contributed by atoms with E-state index in [0.717, 1.165) is 16.3 Å². The van der Waals surface area contributed by atoms with Gasteiger partial charge in [0.15, 0.2) is 23.9 Å². The minimum absolute atomic E-state index is 0.0989. The van der Waals surface area contributed by atoms with Crippen molar-refractivity contribution in [3.63, 3.8) is 0 Å². The first-order valence-electron chi connectivity index (χ1n) is 8.10. The fraction of sp³-hybridized carbons (Fsp3) is 0.263. The number of thiazole rings is 1. The van der Waals surface area contributed by atoms with Crippen molar-refractivity contribution < 1.29 is 18.7 Å². The van der Waals surface area contributed by atoms with Gasteiger partial charge in [-0.3, -0.25) is 4.79 Å². The standard InChI is InChI=1S/C19H20N2O4S/c1-12-4-6-17(18(8-12)23-3)24-10-19(22)20-9-14-5-7-16(25-14)15-11-26-13(2)21-15/h4-8,11H,9-10H2,1-3H3,(H,20,22). The van der Waals surface area contributed by atoms with E-state index >= 15 is 0 Å². The molecule has 0 aliphatic carbocycles. The van der Waals surface area contributed by atoms with Crippen LogP contribution in [-0.4, -0.2) is 24.6 Å². The van der Waals surface area contributed by atoms with Crippen LogP contribution in [0.25, 0.3) is 11.5 Å². The van der Waals surface area contributed by atoms with E-state index in [4.69, 9.17) is 13.9 Å². The second kappa shape index (κ2) is 8.05. The van der Waals surface area contributed by atoms with Gasteiger partial charge in [-0.25, -0.2) is 4.98 Å². The number of nitrogens with zero attached hydrogens (tertiary/aromatic N) is 1. The van der Waals surface area contributed by atoms with Gasteiger partial charge < -0.3 is 19.2 Å². The van der Waals surface area contributed by atoms with Crippen LogP contribution in [0.3, 0.4) is 0 Å².